The summed E-state index contributed by atoms with van der Waals surface area (Å²) in [6, 6.07) is 24.1. The number of carbonyl (C=O) groups excluding carboxylic acids is 2. The highest BCUT2D eigenvalue weighted by Gasteiger charge is 2.40. The fraction of sp³-hybridized carbons (Fsp3) is 0.148. The number of anilines is 2. The van der Waals surface area contributed by atoms with Crippen molar-refractivity contribution in [2.45, 2.75) is 25.5 Å². The van der Waals surface area contributed by atoms with Crippen molar-refractivity contribution in [2.75, 3.05) is 10.2 Å². The van der Waals surface area contributed by atoms with Gasteiger partial charge in [0, 0.05) is 16.4 Å². The summed E-state index contributed by atoms with van der Waals surface area (Å²) in [5.41, 5.74) is 4.21. The lowest BCUT2D eigenvalue weighted by atomic mass is 10.1. The molecular formula is C27H22ClN3O2S. The molecule has 1 atom stereocenters. The summed E-state index contributed by atoms with van der Waals surface area (Å²) < 4.78 is 0. The highest BCUT2D eigenvalue weighted by atomic mass is 35.5. The maximum atomic E-state index is 13.5. The average Bonchev–Trinajstić information content (AvgIpc) is 3.12. The van der Waals surface area contributed by atoms with Gasteiger partial charge in [-0.1, -0.05) is 70.9 Å². The smallest absolute Gasteiger partial charge is 0.269 e. The van der Waals surface area contributed by atoms with Crippen molar-refractivity contribution in [3.63, 3.8) is 0 Å². The van der Waals surface area contributed by atoms with Crippen LogP contribution in [0.4, 0.5) is 11.4 Å². The van der Waals surface area contributed by atoms with Gasteiger partial charge in [-0.05, 0) is 62.2 Å². The number of halogens is 1. The first-order valence-electron chi connectivity index (χ1n) is 10.7. The van der Waals surface area contributed by atoms with Crippen LogP contribution < -0.4 is 10.2 Å². The largest absolute Gasteiger partial charge is 0.321 e. The Hall–Kier alpha value is -3.53. The van der Waals surface area contributed by atoms with Gasteiger partial charge in [0.15, 0.2) is 0 Å². The normalized spacial score (nSPS) is 16.8. The minimum Gasteiger partial charge on any atom is -0.321 e. The first-order valence-corrected chi connectivity index (χ1v) is 12.0. The van der Waals surface area contributed by atoms with E-state index in [1.807, 2.05) is 68.4 Å². The zero-order chi connectivity index (χ0) is 24.2. The molecule has 1 fully saturated rings. The van der Waals surface area contributed by atoms with E-state index in [0.717, 1.165) is 16.7 Å². The van der Waals surface area contributed by atoms with Crippen LogP contribution in [-0.2, 0) is 16.0 Å². The second-order valence-electron chi connectivity index (χ2n) is 8.06. The van der Waals surface area contributed by atoms with Crippen LogP contribution in [0.2, 0.25) is 5.02 Å². The van der Waals surface area contributed by atoms with Crippen LogP contribution >= 0.6 is 23.4 Å². The molecule has 0 bridgehead atoms. The van der Waals surface area contributed by atoms with Gasteiger partial charge in [-0.2, -0.15) is 5.26 Å². The van der Waals surface area contributed by atoms with E-state index in [9.17, 15) is 14.9 Å². The van der Waals surface area contributed by atoms with Crippen molar-refractivity contribution in [2.24, 2.45) is 0 Å². The topological polar surface area (TPSA) is 73.2 Å². The summed E-state index contributed by atoms with van der Waals surface area (Å²) in [6.07, 6.45) is 0.495. The SMILES string of the molecule is Cc1ccc(N2C(=O)[C@H](Cc3cccc(C)c3)S/C2=C(\C#N)C(=O)Nc2ccc(Cl)cc2)cc1. The van der Waals surface area contributed by atoms with Gasteiger partial charge in [0.2, 0.25) is 5.91 Å². The summed E-state index contributed by atoms with van der Waals surface area (Å²) in [7, 11) is 0. The summed E-state index contributed by atoms with van der Waals surface area (Å²) >= 11 is 7.18. The molecule has 0 radical (unpaired) electrons. The molecule has 2 amide bonds. The number of aryl methyl sites for hydroxylation is 2. The minimum absolute atomic E-state index is 0.111. The number of thioether (sulfide) groups is 1. The van der Waals surface area contributed by atoms with Gasteiger partial charge in [-0.25, -0.2) is 0 Å². The van der Waals surface area contributed by atoms with Crippen LogP contribution in [0.1, 0.15) is 16.7 Å². The average molecular weight is 488 g/mol. The van der Waals surface area contributed by atoms with Gasteiger partial charge in [0.25, 0.3) is 5.91 Å². The molecule has 34 heavy (non-hydrogen) atoms. The highest BCUT2D eigenvalue weighted by Crippen LogP contribution is 2.42. The van der Waals surface area contributed by atoms with Crippen LogP contribution in [0.3, 0.4) is 0 Å². The van der Waals surface area contributed by atoms with E-state index in [2.05, 4.69) is 5.32 Å². The lowest BCUT2D eigenvalue weighted by molar-refractivity contribution is -0.117. The molecule has 0 saturated carbocycles. The van der Waals surface area contributed by atoms with Crippen molar-refractivity contribution in [1.82, 2.24) is 0 Å². The maximum Gasteiger partial charge on any atom is 0.269 e. The monoisotopic (exact) mass is 487 g/mol. The first-order chi connectivity index (χ1) is 16.4. The van der Waals surface area contributed by atoms with E-state index in [4.69, 9.17) is 11.6 Å². The first kappa shape index (κ1) is 23.6. The number of hydrogen-bond acceptors (Lipinski definition) is 4. The van der Waals surface area contributed by atoms with Gasteiger partial charge < -0.3 is 5.32 Å². The molecular weight excluding hydrogens is 466 g/mol. The van der Waals surface area contributed by atoms with E-state index in [0.29, 0.717) is 27.8 Å². The van der Waals surface area contributed by atoms with Crippen molar-refractivity contribution in [3.05, 3.63) is 105 Å². The molecule has 5 nitrogen and oxygen atoms in total. The van der Waals surface area contributed by atoms with Crippen LogP contribution in [0.15, 0.2) is 83.4 Å². The zero-order valence-corrected chi connectivity index (χ0v) is 20.3. The Balaban J connectivity index is 1.72. The number of carbonyl (C=O) groups is 2. The molecule has 1 N–H and O–H groups in total. The summed E-state index contributed by atoms with van der Waals surface area (Å²) in [5, 5.41) is 13.1. The Bertz CT molecular complexity index is 1310. The predicted molar refractivity (Wildman–Crippen MR) is 138 cm³/mol. The van der Waals surface area contributed by atoms with Gasteiger partial charge in [0.05, 0.1) is 5.25 Å². The predicted octanol–water partition coefficient (Wildman–Crippen LogP) is 6.02. The number of nitrogens with one attached hydrogen (secondary N) is 1. The molecule has 3 aromatic carbocycles. The summed E-state index contributed by atoms with van der Waals surface area (Å²) in [4.78, 5) is 28.1. The van der Waals surface area contributed by atoms with Crippen molar-refractivity contribution >= 4 is 46.6 Å². The van der Waals surface area contributed by atoms with E-state index in [-0.39, 0.29) is 11.5 Å². The molecule has 1 saturated heterocycles. The lowest BCUT2D eigenvalue weighted by Crippen LogP contribution is -2.30. The Kier molecular flexibility index (Phi) is 7.06. The third kappa shape index (κ3) is 5.17. The maximum absolute atomic E-state index is 13.5. The number of rotatable bonds is 5. The molecule has 3 aromatic rings. The fourth-order valence-electron chi connectivity index (χ4n) is 3.70. The molecule has 170 valence electrons. The molecule has 4 rings (SSSR count). The zero-order valence-electron chi connectivity index (χ0n) is 18.7. The Morgan fingerprint density at radius 1 is 1.06 bits per heavy atom. The number of nitriles is 1. The molecule has 0 spiro atoms. The Labute approximate surface area is 208 Å². The van der Waals surface area contributed by atoms with Gasteiger partial charge in [-0.15, -0.1) is 0 Å². The number of benzene rings is 3. The van der Waals surface area contributed by atoms with E-state index >= 15 is 0 Å². The van der Waals surface area contributed by atoms with Crippen LogP contribution in [0.5, 0.6) is 0 Å². The van der Waals surface area contributed by atoms with Crippen molar-refractivity contribution in [3.8, 4) is 6.07 Å². The summed E-state index contributed by atoms with van der Waals surface area (Å²) in [6.45, 7) is 3.97. The minimum atomic E-state index is -0.576. The fourth-order valence-corrected chi connectivity index (χ4v) is 5.13. The number of nitrogens with zero attached hydrogens (tertiary/aromatic N) is 2. The van der Waals surface area contributed by atoms with Crippen LogP contribution in [-0.4, -0.2) is 17.1 Å². The number of hydrogen-bond donors (Lipinski definition) is 1. The molecule has 0 unspecified atom stereocenters. The Morgan fingerprint density at radius 2 is 1.76 bits per heavy atom. The van der Waals surface area contributed by atoms with E-state index in [1.165, 1.54) is 16.7 Å². The second kappa shape index (κ2) is 10.2. The van der Waals surface area contributed by atoms with Crippen molar-refractivity contribution in [1.29, 1.82) is 5.26 Å². The Morgan fingerprint density at radius 3 is 2.41 bits per heavy atom. The summed E-state index contributed by atoms with van der Waals surface area (Å²) in [5.74, 6) is -0.731. The van der Waals surface area contributed by atoms with Crippen molar-refractivity contribution < 1.29 is 9.59 Å². The van der Waals surface area contributed by atoms with E-state index in [1.54, 1.807) is 24.3 Å². The molecule has 0 aromatic heterocycles. The van der Waals surface area contributed by atoms with Gasteiger partial charge in [-0.3, -0.25) is 14.5 Å². The molecule has 1 aliphatic heterocycles. The van der Waals surface area contributed by atoms with Crippen LogP contribution in [0.25, 0.3) is 0 Å². The third-order valence-electron chi connectivity index (χ3n) is 5.40. The number of amides is 2. The highest BCUT2D eigenvalue weighted by molar-refractivity contribution is 8.05. The molecule has 7 heteroatoms. The third-order valence-corrected chi connectivity index (χ3v) is 6.92. The molecule has 1 aliphatic rings. The van der Waals surface area contributed by atoms with E-state index < -0.39 is 11.2 Å². The standard InChI is InChI=1S/C27H22ClN3O2S/c1-17-6-12-22(13-7-17)31-26(33)24(15-19-5-3-4-18(2)14-19)34-27(31)23(16-29)25(32)30-21-10-8-20(28)9-11-21/h3-14,24H,15H2,1-2H3,(H,30,32)/b27-23+/t24-/m0/s1. The van der Waals surface area contributed by atoms with Crippen LogP contribution in [0, 0.1) is 25.2 Å². The van der Waals surface area contributed by atoms with Gasteiger partial charge >= 0.3 is 0 Å². The lowest BCUT2D eigenvalue weighted by Gasteiger charge is -2.19. The second-order valence-corrected chi connectivity index (χ2v) is 9.69. The van der Waals surface area contributed by atoms with Gasteiger partial charge in [0.1, 0.15) is 16.7 Å². The molecule has 1 heterocycles. The molecule has 0 aliphatic carbocycles. The quantitative estimate of drug-likeness (QED) is 0.352.